The van der Waals surface area contributed by atoms with Gasteiger partial charge in [0, 0.05) is 18.6 Å². The Labute approximate surface area is 92.8 Å². The number of aliphatic carboxylic acids is 1. The van der Waals surface area contributed by atoms with Crippen molar-refractivity contribution in [3.63, 3.8) is 0 Å². The summed E-state index contributed by atoms with van der Waals surface area (Å²) in [5.74, 6) is 0.0906. The fourth-order valence-corrected chi connectivity index (χ4v) is 1.49. The molecule has 0 spiro atoms. The van der Waals surface area contributed by atoms with Gasteiger partial charge in [0.2, 0.25) is 5.78 Å². The van der Waals surface area contributed by atoms with Crippen molar-refractivity contribution in [1.29, 1.82) is 0 Å². The van der Waals surface area contributed by atoms with Crippen LogP contribution < -0.4 is 0 Å². The van der Waals surface area contributed by atoms with E-state index in [1.54, 1.807) is 16.8 Å². The molecule has 16 heavy (non-hydrogen) atoms. The largest absolute Gasteiger partial charge is 0.481 e. The lowest BCUT2D eigenvalue weighted by atomic mass is 10.2. The van der Waals surface area contributed by atoms with Crippen molar-refractivity contribution in [2.24, 2.45) is 0 Å². The highest BCUT2D eigenvalue weighted by atomic mass is 16.4. The predicted molar refractivity (Wildman–Crippen MR) is 58.4 cm³/mol. The number of hydrogen-bond acceptors (Lipinski definition) is 3. The van der Waals surface area contributed by atoms with Gasteiger partial charge in [-0.1, -0.05) is 13.8 Å². The molecule has 0 aliphatic heterocycles. The normalized spacial score (nSPS) is 11.2. The second kappa shape index (κ2) is 3.92. The van der Waals surface area contributed by atoms with Crippen molar-refractivity contribution in [1.82, 2.24) is 14.4 Å². The van der Waals surface area contributed by atoms with E-state index in [1.807, 2.05) is 6.20 Å². The summed E-state index contributed by atoms with van der Waals surface area (Å²) in [6, 6.07) is 0. The van der Waals surface area contributed by atoms with Crippen molar-refractivity contribution in [2.45, 2.75) is 26.2 Å². The van der Waals surface area contributed by atoms with Crippen LogP contribution in [0.3, 0.4) is 0 Å². The lowest BCUT2D eigenvalue weighted by molar-refractivity contribution is -0.136. The summed E-state index contributed by atoms with van der Waals surface area (Å²) in [7, 11) is 0. The number of aromatic nitrogens is 3. The third-order valence-electron chi connectivity index (χ3n) is 2.33. The monoisotopic (exact) mass is 219 g/mol. The van der Waals surface area contributed by atoms with Crippen molar-refractivity contribution in [3.05, 3.63) is 29.8 Å². The summed E-state index contributed by atoms with van der Waals surface area (Å²) in [6.45, 7) is 4.11. The average Bonchev–Trinajstić information content (AvgIpc) is 2.59. The number of imidazole rings is 1. The van der Waals surface area contributed by atoms with E-state index in [-0.39, 0.29) is 6.42 Å². The van der Waals surface area contributed by atoms with Crippen LogP contribution in [0.1, 0.15) is 31.0 Å². The van der Waals surface area contributed by atoms with Crippen LogP contribution in [0.5, 0.6) is 0 Å². The molecule has 5 heteroatoms. The second-order valence-electron chi connectivity index (χ2n) is 4.06. The maximum atomic E-state index is 10.6. The number of rotatable bonds is 3. The summed E-state index contributed by atoms with van der Waals surface area (Å²) in [6.07, 6.45) is 5.19. The number of fused-ring (bicyclic) bond motifs is 1. The molecule has 0 aromatic carbocycles. The average molecular weight is 219 g/mol. The minimum atomic E-state index is -0.856. The highest BCUT2D eigenvalue weighted by molar-refractivity contribution is 5.69. The first-order valence-electron chi connectivity index (χ1n) is 5.11. The molecule has 2 aromatic heterocycles. The third-order valence-corrected chi connectivity index (χ3v) is 2.33. The van der Waals surface area contributed by atoms with Gasteiger partial charge in [-0.3, -0.25) is 9.20 Å². The molecule has 0 bridgehead atoms. The van der Waals surface area contributed by atoms with Crippen LogP contribution >= 0.6 is 0 Å². The zero-order valence-electron chi connectivity index (χ0n) is 9.21. The Morgan fingerprint density at radius 2 is 2.25 bits per heavy atom. The zero-order chi connectivity index (χ0) is 11.7. The molecule has 0 aliphatic carbocycles. The van der Waals surface area contributed by atoms with Crippen LogP contribution in [0.4, 0.5) is 0 Å². The van der Waals surface area contributed by atoms with Gasteiger partial charge in [-0.15, -0.1) is 0 Å². The van der Waals surface area contributed by atoms with Crippen LogP contribution in [0.2, 0.25) is 0 Å². The molecule has 0 radical (unpaired) electrons. The standard InChI is InChI=1S/C11H13N3O2/c1-7(2)9-6-14-5-8(3-10(15)16)4-12-11(14)13-9/h4-7H,3H2,1-2H3,(H,15,16). The summed E-state index contributed by atoms with van der Waals surface area (Å²) >= 11 is 0. The topological polar surface area (TPSA) is 67.5 Å². The maximum absolute atomic E-state index is 10.6. The Balaban J connectivity index is 2.41. The van der Waals surface area contributed by atoms with Crippen molar-refractivity contribution < 1.29 is 9.90 Å². The van der Waals surface area contributed by atoms with Gasteiger partial charge in [0.05, 0.1) is 12.1 Å². The molecule has 5 nitrogen and oxygen atoms in total. The van der Waals surface area contributed by atoms with Gasteiger partial charge < -0.3 is 5.11 Å². The molecule has 0 aliphatic rings. The Morgan fingerprint density at radius 3 is 2.88 bits per heavy atom. The second-order valence-corrected chi connectivity index (χ2v) is 4.06. The lowest BCUT2D eigenvalue weighted by Gasteiger charge is -1.97. The molecule has 0 fully saturated rings. The van der Waals surface area contributed by atoms with Crippen LogP contribution in [0.15, 0.2) is 18.6 Å². The van der Waals surface area contributed by atoms with Gasteiger partial charge in [0.1, 0.15) is 0 Å². The van der Waals surface area contributed by atoms with Crippen molar-refractivity contribution >= 4 is 11.7 Å². The van der Waals surface area contributed by atoms with E-state index in [4.69, 9.17) is 5.11 Å². The first-order valence-corrected chi connectivity index (χ1v) is 5.11. The molecular weight excluding hydrogens is 206 g/mol. The summed E-state index contributed by atoms with van der Waals surface area (Å²) in [4.78, 5) is 19.0. The molecule has 1 N–H and O–H groups in total. The minimum absolute atomic E-state index is 0.0157. The van der Waals surface area contributed by atoms with Gasteiger partial charge in [0.15, 0.2) is 0 Å². The number of carboxylic acids is 1. The third kappa shape index (κ3) is 2.03. The van der Waals surface area contributed by atoms with Crippen LogP contribution in [0.25, 0.3) is 5.78 Å². The molecule has 2 rings (SSSR count). The first-order chi connectivity index (χ1) is 7.56. The summed E-state index contributed by atoms with van der Waals surface area (Å²) < 4.78 is 1.77. The van der Waals surface area contributed by atoms with E-state index in [0.717, 1.165) is 5.69 Å². The lowest BCUT2D eigenvalue weighted by Crippen LogP contribution is -2.02. The predicted octanol–water partition coefficient (Wildman–Crippen LogP) is 1.48. The Kier molecular flexibility index (Phi) is 2.60. The fourth-order valence-electron chi connectivity index (χ4n) is 1.49. The van der Waals surface area contributed by atoms with E-state index in [1.165, 1.54) is 0 Å². The first kappa shape index (κ1) is 10.6. The summed E-state index contributed by atoms with van der Waals surface area (Å²) in [5, 5.41) is 8.68. The highest BCUT2D eigenvalue weighted by Gasteiger charge is 2.08. The molecule has 2 heterocycles. The van der Waals surface area contributed by atoms with Crippen molar-refractivity contribution in [3.8, 4) is 0 Å². The van der Waals surface area contributed by atoms with Crippen molar-refractivity contribution in [2.75, 3.05) is 0 Å². The fraction of sp³-hybridized carbons (Fsp3) is 0.364. The number of nitrogens with zero attached hydrogens (tertiary/aromatic N) is 3. The number of hydrogen-bond donors (Lipinski definition) is 1. The molecule has 84 valence electrons. The van der Waals surface area contributed by atoms with E-state index < -0.39 is 5.97 Å². The van der Waals surface area contributed by atoms with Crippen LogP contribution in [-0.2, 0) is 11.2 Å². The minimum Gasteiger partial charge on any atom is -0.481 e. The molecule has 0 saturated carbocycles. The molecule has 0 saturated heterocycles. The number of carbonyl (C=O) groups is 1. The number of carboxylic acid groups (broad SMARTS) is 1. The molecular formula is C11H13N3O2. The maximum Gasteiger partial charge on any atom is 0.307 e. The Morgan fingerprint density at radius 1 is 1.50 bits per heavy atom. The molecule has 2 aromatic rings. The van der Waals surface area contributed by atoms with E-state index in [2.05, 4.69) is 23.8 Å². The van der Waals surface area contributed by atoms with Gasteiger partial charge in [-0.05, 0) is 11.5 Å². The SMILES string of the molecule is CC(C)c1cn2cc(CC(=O)O)cnc2n1. The quantitative estimate of drug-likeness (QED) is 0.849. The van der Waals surface area contributed by atoms with E-state index in [9.17, 15) is 4.79 Å². The Hall–Kier alpha value is -1.91. The smallest absolute Gasteiger partial charge is 0.307 e. The summed E-state index contributed by atoms with van der Waals surface area (Å²) in [5.41, 5.74) is 1.63. The molecule has 0 unspecified atom stereocenters. The van der Waals surface area contributed by atoms with Gasteiger partial charge in [-0.25, -0.2) is 9.97 Å². The molecule has 0 amide bonds. The van der Waals surface area contributed by atoms with Crippen LogP contribution in [-0.4, -0.2) is 25.4 Å². The van der Waals surface area contributed by atoms with Gasteiger partial charge in [-0.2, -0.15) is 0 Å². The van der Waals surface area contributed by atoms with Gasteiger partial charge in [0.25, 0.3) is 0 Å². The molecule has 0 atom stereocenters. The van der Waals surface area contributed by atoms with Crippen LogP contribution in [0, 0.1) is 0 Å². The van der Waals surface area contributed by atoms with E-state index in [0.29, 0.717) is 17.3 Å². The van der Waals surface area contributed by atoms with Gasteiger partial charge >= 0.3 is 5.97 Å². The Bertz CT molecular complexity index is 531. The highest BCUT2D eigenvalue weighted by Crippen LogP contribution is 2.13. The zero-order valence-corrected chi connectivity index (χ0v) is 9.21. The van der Waals surface area contributed by atoms with E-state index >= 15 is 0 Å².